The van der Waals surface area contributed by atoms with Crippen LogP contribution in [0.3, 0.4) is 0 Å². The number of hydrogen-bond acceptors (Lipinski definition) is 5. The van der Waals surface area contributed by atoms with Crippen LogP contribution in [0.15, 0.2) is 65.3 Å². The van der Waals surface area contributed by atoms with Gasteiger partial charge in [0.15, 0.2) is 11.5 Å². The summed E-state index contributed by atoms with van der Waals surface area (Å²) in [6, 6.07) is 15.4. The first kappa shape index (κ1) is 15.1. The van der Waals surface area contributed by atoms with Crippen molar-refractivity contribution in [3.8, 4) is 11.5 Å². The normalized spacial score (nSPS) is 16.4. The molecule has 0 unspecified atom stereocenters. The number of anilines is 1. The first-order chi connectivity index (χ1) is 12.1. The maximum Gasteiger partial charge on any atom is 0.258 e. The van der Waals surface area contributed by atoms with Gasteiger partial charge in [-0.05, 0) is 42.0 Å². The van der Waals surface area contributed by atoms with Gasteiger partial charge in [0.05, 0.1) is 18.4 Å². The summed E-state index contributed by atoms with van der Waals surface area (Å²) in [7, 11) is 0. The fourth-order valence-electron chi connectivity index (χ4n) is 3.00. The van der Waals surface area contributed by atoms with Gasteiger partial charge in [-0.15, -0.1) is 0 Å². The third kappa shape index (κ3) is 2.67. The SMILES string of the molecule is O=C1c2ccccc2N[C@@H](c2ccc(O)c(O)c2)N1Cc1ccco1. The summed E-state index contributed by atoms with van der Waals surface area (Å²) in [5.74, 6) is 0.0817. The van der Waals surface area contributed by atoms with Crippen molar-refractivity contribution in [2.24, 2.45) is 0 Å². The van der Waals surface area contributed by atoms with E-state index in [1.807, 2.05) is 18.2 Å². The molecular formula is C19H16N2O4. The van der Waals surface area contributed by atoms with Crippen molar-refractivity contribution in [2.75, 3.05) is 5.32 Å². The van der Waals surface area contributed by atoms with Crippen LogP contribution in [0, 0.1) is 0 Å². The minimum Gasteiger partial charge on any atom is -0.504 e. The number of carbonyl (C=O) groups is 1. The second kappa shape index (κ2) is 5.90. The number of furan rings is 1. The maximum atomic E-state index is 13.0. The molecule has 25 heavy (non-hydrogen) atoms. The van der Waals surface area contributed by atoms with Crippen molar-refractivity contribution in [1.29, 1.82) is 0 Å². The molecule has 0 saturated heterocycles. The second-order valence-corrected chi connectivity index (χ2v) is 5.85. The molecule has 1 aliphatic heterocycles. The summed E-state index contributed by atoms with van der Waals surface area (Å²) >= 11 is 0. The first-order valence-electron chi connectivity index (χ1n) is 7.84. The van der Waals surface area contributed by atoms with E-state index in [9.17, 15) is 15.0 Å². The van der Waals surface area contributed by atoms with Crippen molar-refractivity contribution in [1.82, 2.24) is 4.90 Å². The fourth-order valence-corrected chi connectivity index (χ4v) is 3.00. The van der Waals surface area contributed by atoms with Gasteiger partial charge in [0.1, 0.15) is 11.9 Å². The quantitative estimate of drug-likeness (QED) is 0.638. The van der Waals surface area contributed by atoms with Gasteiger partial charge in [-0.1, -0.05) is 18.2 Å². The molecule has 126 valence electrons. The van der Waals surface area contributed by atoms with Gasteiger partial charge in [0.25, 0.3) is 5.91 Å². The number of amides is 1. The lowest BCUT2D eigenvalue weighted by atomic mass is 10.0. The molecule has 6 nitrogen and oxygen atoms in total. The van der Waals surface area contributed by atoms with Gasteiger partial charge in [0, 0.05) is 5.69 Å². The van der Waals surface area contributed by atoms with E-state index < -0.39 is 6.17 Å². The Bertz CT molecular complexity index is 921. The van der Waals surface area contributed by atoms with Crippen molar-refractivity contribution in [2.45, 2.75) is 12.7 Å². The van der Waals surface area contributed by atoms with Crippen LogP contribution < -0.4 is 5.32 Å². The minimum atomic E-state index is -0.501. The van der Waals surface area contributed by atoms with E-state index in [1.54, 1.807) is 35.4 Å². The number of aromatic hydroxyl groups is 2. The van der Waals surface area contributed by atoms with Gasteiger partial charge in [0.2, 0.25) is 0 Å². The van der Waals surface area contributed by atoms with Gasteiger partial charge in [-0.3, -0.25) is 4.79 Å². The molecule has 0 bridgehead atoms. The molecule has 6 heteroatoms. The molecule has 2 aromatic carbocycles. The Morgan fingerprint density at radius 3 is 2.64 bits per heavy atom. The number of carbonyl (C=O) groups excluding carboxylic acids is 1. The summed E-state index contributed by atoms with van der Waals surface area (Å²) in [5, 5.41) is 22.7. The standard InChI is InChI=1S/C19H16N2O4/c22-16-8-7-12(10-17(16)23)18-20-15-6-2-1-5-14(15)19(24)21(18)11-13-4-3-9-25-13/h1-10,18,20,22-23H,11H2/t18-/m1/s1. The fraction of sp³-hybridized carbons (Fsp3) is 0.105. The Labute approximate surface area is 143 Å². The summed E-state index contributed by atoms with van der Waals surface area (Å²) in [6.45, 7) is 0.277. The van der Waals surface area contributed by atoms with Crippen molar-refractivity contribution >= 4 is 11.6 Å². The highest BCUT2D eigenvalue weighted by molar-refractivity contribution is 6.01. The monoisotopic (exact) mass is 336 g/mol. The average Bonchev–Trinajstić information content (AvgIpc) is 3.13. The number of fused-ring (bicyclic) bond motifs is 1. The Kier molecular flexibility index (Phi) is 3.57. The first-order valence-corrected chi connectivity index (χ1v) is 7.84. The summed E-state index contributed by atoms with van der Waals surface area (Å²) in [4.78, 5) is 14.6. The molecule has 0 spiro atoms. The predicted octanol–water partition coefficient (Wildman–Crippen LogP) is 3.46. The topological polar surface area (TPSA) is 85.9 Å². The molecule has 1 aromatic heterocycles. The van der Waals surface area contributed by atoms with Gasteiger partial charge in [-0.25, -0.2) is 0 Å². The molecule has 3 N–H and O–H groups in total. The Morgan fingerprint density at radius 1 is 1.04 bits per heavy atom. The Balaban J connectivity index is 1.78. The van der Waals surface area contributed by atoms with Crippen molar-refractivity contribution < 1.29 is 19.4 Å². The zero-order valence-electron chi connectivity index (χ0n) is 13.2. The smallest absolute Gasteiger partial charge is 0.258 e. The number of rotatable bonds is 3. The lowest BCUT2D eigenvalue weighted by Gasteiger charge is -2.37. The van der Waals surface area contributed by atoms with Crippen LogP contribution in [0.1, 0.15) is 27.8 Å². The molecule has 2 heterocycles. The number of phenolic OH excluding ortho intramolecular Hbond substituents is 2. The third-order valence-corrected chi connectivity index (χ3v) is 4.24. The molecule has 1 atom stereocenters. The van der Waals surface area contributed by atoms with E-state index in [4.69, 9.17) is 4.42 Å². The number of nitrogens with one attached hydrogen (secondary N) is 1. The number of para-hydroxylation sites is 1. The molecule has 1 aliphatic rings. The molecular weight excluding hydrogens is 320 g/mol. The highest BCUT2D eigenvalue weighted by atomic mass is 16.3. The predicted molar refractivity (Wildman–Crippen MR) is 91.2 cm³/mol. The van der Waals surface area contributed by atoms with E-state index in [2.05, 4.69) is 5.32 Å². The lowest BCUT2D eigenvalue weighted by molar-refractivity contribution is 0.0651. The second-order valence-electron chi connectivity index (χ2n) is 5.85. The Hall–Kier alpha value is -3.41. The zero-order valence-corrected chi connectivity index (χ0v) is 13.2. The van der Waals surface area contributed by atoms with Gasteiger partial charge >= 0.3 is 0 Å². The number of benzene rings is 2. The van der Waals surface area contributed by atoms with E-state index in [1.165, 1.54) is 12.1 Å². The van der Waals surface area contributed by atoms with E-state index >= 15 is 0 Å². The van der Waals surface area contributed by atoms with Crippen molar-refractivity contribution in [3.05, 3.63) is 77.7 Å². The number of hydrogen-bond donors (Lipinski definition) is 3. The van der Waals surface area contributed by atoms with Crippen LogP contribution in [-0.4, -0.2) is 21.0 Å². The zero-order chi connectivity index (χ0) is 17.4. The van der Waals surface area contributed by atoms with Crippen LogP contribution in [0.2, 0.25) is 0 Å². The van der Waals surface area contributed by atoms with Crippen LogP contribution in [0.4, 0.5) is 5.69 Å². The molecule has 1 amide bonds. The average molecular weight is 336 g/mol. The minimum absolute atomic E-state index is 0.136. The van der Waals surface area contributed by atoms with Gasteiger partial charge in [-0.2, -0.15) is 0 Å². The summed E-state index contributed by atoms with van der Waals surface area (Å²) < 4.78 is 5.39. The molecule has 0 radical (unpaired) electrons. The van der Waals surface area contributed by atoms with Gasteiger partial charge < -0.3 is 24.8 Å². The molecule has 4 rings (SSSR count). The van der Waals surface area contributed by atoms with Crippen LogP contribution in [0.5, 0.6) is 11.5 Å². The molecule has 3 aromatic rings. The Morgan fingerprint density at radius 2 is 1.88 bits per heavy atom. The molecule has 0 aliphatic carbocycles. The van der Waals surface area contributed by atoms with Crippen LogP contribution in [-0.2, 0) is 6.54 Å². The summed E-state index contributed by atoms with van der Waals surface area (Å²) in [5.41, 5.74) is 1.96. The van der Waals surface area contributed by atoms with E-state index in [-0.39, 0.29) is 24.0 Å². The lowest BCUT2D eigenvalue weighted by Crippen LogP contribution is -2.42. The largest absolute Gasteiger partial charge is 0.504 e. The van der Waals surface area contributed by atoms with Crippen molar-refractivity contribution in [3.63, 3.8) is 0 Å². The van der Waals surface area contributed by atoms with Crippen LogP contribution in [0.25, 0.3) is 0 Å². The summed E-state index contributed by atoms with van der Waals surface area (Å²) in [6.07, 6.45) is 1.06. The molecule has 0 saturated carbocycles. The highest BCUT2D eigenvalue weighted by Crippen LogP contribution is 2.36. The van der Waals surface area contributed by atoms with Crippen LogP contribution >= 0.6 is 0 Å². The van der Waals surface area contributed by atoms with E-state index in [0.29, 0.717) is 16.9 Å². The van der Waals surface area contributed by atoms with E-state index in [0.717, 1.165) is 5.69 Å². The molecule has 0 fully saturated rings. The number of nitrogens with zero attached hydrogens (tertiary/aromatic N) is 1. The number of phenols is 2. The highest BCUT2D eigenvalue weighted by Gasteiger charge is 2.33. The third-order valence-electron chi connectivity index (χ3n) is 4.24. The maximum absolute atomic E-state index is 13.0.